The minimum Gasteiger partial charge on any atom is -0.481 e. The predicted octanol–water partition coefficient (Wildman–Crippen LogP) is 0.548. The molecular weight excluding hydrogens is 258 g/mol. The summed E-state index contributed by atoms with van der Waals surface area (Å²) in [7, 11) is 1.56. The zero-order valence-corrected chi connectivity index (χ0v) is 11.3. The maximum atomic E-state index is 11.6. The van der Waals surface area contributed by atoms with Gasteiger partial charge in [0.2, 0.25) is 17.7 Å². The van der Waals surface area contributed by atoms with Gasteiger partial charge in [-0.3, -0.25) is 9.36 Å². The molecule has 1 saturated carbocycles. The van der Waals surface area contributed by atoms with Gasteiger partial charge in [0.15, 0.2) is 5.65 Å². The van der Waals surface area contributed by atoms with Crippen molar-refractivity contribution in [1.82, 2.24) is 19.9 Å². The van der Waals surface area contributed by atoms with Crippen molar-refractivity contribution in [2.75, 3.05) is 19.4 Å². The summed E-state index contributed by atoms with van der Waals surface area (Å²) in [5.41, 5.74) is 7.28. The Morgan fingerprint density at radius 2 is 2.30 bits per heavy atom. The average Bonchev–Trinajstić information content (AvgIpc) is 3.24. The van der Waals surface area contributed by atoms with E-state index >= 15 is 0 Å². The smallest absolute Gasteiger partial charge is 0.223 e. The summed E-state index contributed by atoms with van der Waals surface area (Å²) in [6.07, 6.45) is 2.00. The fourth-order valence-electron chi connectivity index (χ4n) is 2.12. The second-order valence-electron chi connectivity index (χ2n) is 4.88. The third-order valence-corrected chi connectivity index (χ3v) is 3.39. The maximum Gasteiger partial charge on any atom is 0.223 e. The van der Waals surface area contributed by atoms with Gasteiger partial charge in [0.25, 0.3) is 0 Å². The van der Waals surface area contributed by atoms with Crippen LogP contribution < -0.4 is 15.8 Å². The number of carbonyl (C=O) groups is 1. The number of nitrogen functional groups attached to an aromatic ring is 1. The van der Waals surface area contributed by atoms with Gasteiger partial charge in [-0.25, -0.2) is 4.98 Å². The van der Waals surface area contributed by atoms with Gasteiger partial charge >= 0.3 is 0 Å². The van der Waals surface area contributed by atoms with Crippen LogP contribution in [0.1, 0.15) is 12.8 Å². The topological polar surface area (TPSA) is 95.1 Å². The van der Waals surface area contributed by atoms with E-state index in [9.17, 15) is 4.79 Å². The largest absolute Gasteiger partial charge is 0.481 e. The highest BCUT2D eigenvalue weighted by Crippen LogP contribution is 2.28. The number of carbonyl (C=O) groups excluding carboxylic acids is 1. The molecule has 2 aromatic heterocycles. The van der Waals surface area contributed by atoms with Gasteiger partial charge < -0.3 is 15.8 Å². The van der Waals surface area contributed by atoms with Crippen LogP contribution in [0.25, 0.3) is 11.2 Å². The molecule has 0 atom stereocenters. The number of nitrogens with zero attached hydrogens (tertiary/aromatic N) is 3. The Bertz CT molecular complexity index is 647. The Balaban J connectivity index is 1.75. The summed E-state index contributed by atoms with van der Waals surface area (Å²) in [6, 6.07) is 3.56. The number of nitrogens with one attached hydrogen (secondary N) is 1. The SMILES string of the molecule is COc1ccc2nc(N)n(CCNC(=O)C3CC3)c2n1. The molecule has 0 saturated heterocycles. The summed E-state index contributed by atoms with van der Waals surface area (Å²) in [4.78, 5) is 20.2. The van der Waals surface area contributed by atoms with Crippen molar-refractivity contribution < 1.29 is 9.53 Å². The fourth-order valence-corrected chi connectivity index (χ4v) is 2.12. The molecule has 7 heteroatoms. The summed E-state index contributed by atoms with van der Waals surface area (Å²) in [5, 5.41) is 2.90. The van der Waals surface area contributed by atoms with Crippen LogP contribution in [-0.2, 0) is 11.3 Å². The third kappa shape index (κ3) is 2.38. The van der Waals surface area contributed by atoms with Crippen LogP contribution in [-0.4, -0.2) is 34.1 Å². The first-order valence-corrected chi connectivity index (χ1v) is 6.63. The van der Waals surface area contributed by atoms with E-state index in [1.807, 2.05) is 6.07 Å². The highest BCUT2D eigenvalue weighted by molar-refractivity contribution is 5.80. The number of hydrogen-bond donors (Lipinski definition) is 2. The molecule has 7 nitrogen and oxygen atoms in total. The Morgan fingerprint density at radius 3 is 3.00 bits per heavy atom. The predicted molar refractivity (Wildman–Crippen MR) is 74.2 cm³/mol. The monoisotopic (exact) mass is 275 g/mol. The number of hydrogen-bond acceptors (Lipinski definition) is 5. The normalized spacial score (nSPS) is 14.4. The number of ether oxygens (including phenoxy) is 1. The first-order valence-electron chi connectivity index (χ1n) is 6.63. The fraction of sp³-hybridized carbons (Fsp3) is 0.462. The molecule has 0 aliphatic heterocycles. The average molecular weight is 275 g/mol. The minimum absolute atomic E-state index is 0.124. The zero-order valence-electron chi connectivity index (χ0n) is 11.3. The van der Waals surface area contributed by atoms with E-state index in [2.05, 4.69) is 15.3 Å². The van der Waals surface area contributed by atoms with Crippen LogP contribution >= 0.6 is 0 Å². The second-order valence-corrected chi connectivity index (χ2v) is 4.88. The van der Waals surface area contributed by atoms with Gasteiger partial charge in [-0.15, -0.1) is 0 Å². The highest BCUT2D eigenvalue weighted by Gasteiger charge is 2.29. The molecule has 20 heavy (non-hydrogen) atoms. The number of methoxy groups -OCH3 is 1. The van der Waals surface area contributed by atoms with Crippen molar-refractivity contribution in [3.05, 3.63) is 12.1 Å². The van der Waals surface area contributed by atoms with Gasteiger partial charge in [-0.2, -0.15) is 4.98 Å². The molecule has 2 heterocycles. The number of aromatic nitrogens is 3. The number of rotatable bonds is 5. The van der Waals surface area contributed by atoms with Crippen molar-refractivity contribution in [2.24, 2.45) is 5.92 Å². The van der Waals surface area contributed by atoms with E-state index in [1.165, 1.54) is 0 Å². The van der Waals surface area contributed by atoms with Crippen LogP contribution in [0.4, 0.5) is 5.95 Å². The van der Waals surface area contributed by atoms with E-state index in [-0.39, 0.29) is 11.8 Å². The molecule has 0 bridgehead atoms. The van der Waals surface area contributed by atoms with Gasteiger partial charge in [0, 0.05) is 25.1 Å². The summed E-state index contributed by atoms with van der Waals surface area (Å²) < 4.78 is 6.89. The van der Waals surface area contributed by atoms with Crippen molar-refractivity contribution in [2.45, 2.75) is 19.4 Å². The van der Waals surface area contributed by atoms with Crippen LogP contribution in [0.3, 0.4) is 0 Å². The van der Waals surface area contributed by atoms with Crippen molar-refractivity contribution in [1.29, 1.82) is 0 Å². The lowest BCUT2D eigenvalue weighted by Gasteiger charge is -2.07. The van der Waals surface area contributed by atoms with Crippen molar-refractivity contribution in [3.63, 3.8) is 0 Å². The number of pyridine rings is 1. The maximum absolute atomic E-state index is 11.6. The summed E-state index contributed by atoms with van der Waals surface area (Å²) >= 11 is 0. The van der Waals surface area contributed by atoms with E-state index in [4.69, 9.17) is 10.5 Å². The van der Waals surface area contributed by atoms with Crippen LogP contribution in [0.2, 0.25) is 0 Å². The van der Waals surface area contributed by atoms with E-state index in [1.54, 1.807) is 17.7 Å². The lowest BCUT2D eigenvalue weighted by atomic mass is 10.4. The number of imidazole rings is 1. The van der Waals surface area contributed by atoms with Crippen molar-refractivity contribution >= 4 is 23.0 Å². The Kier molecular flexibility index (Phi) is 3.17. The van der Waals surface area contributed by atoms with Crippen LogP contribution in [0.5, 0.6) is 5.88 Å². The standard InChI is InChI=1S/C13H17N5O2/c1-20-10-5-4-9-11(17-10)18(13(14)16-9)7-6-15-12(19)8-2-3-8/h4-5,8H,2-3,6-7H2,1H3,(H2,14,16)(H,15,19). The van der Waals surface area contributed by atoms with E-state index in [0.29, 0.717) is 30.6 Å². The number of amides is 1. The molecule has 1 amide bonds. The van der Waals surface area contributed by atoms with Gasteiger partial charge in [-0.05, 0) is 18.9 Å². The third-order valence-electron chi connectivity index (χ3n) is 3.39. The van der Waals surface area contributed by atoms with Gasteiger partial charge in [0.05, 0.1) is 7.11 Å². The molecule has 0 unspecified atom stereocenters. The summed E-state index contributed by atoms with van der Waals surface area (Å²) in [6.45, 7) is 1.06. The lowest BCUT2D eigenvalue weighted by Crippen LogP contribution is -2.28. The molecule has 3 N–H and O–H groups in total. The molecule has 1 aliphatic carbocycles. The molecule has 0 aromatic carbocycles. The summed E-state index contributed by atoms with van der Waals surface area (Å²) in [5.74, 6) is 1.24. The van der Waals surface area contributed by atoms with E-state index in [0.717, 1.165) is 18.4 Å². The van der Waals surface area contributed by atoms with Gasteiger partial charge in [0.1, 0.15) is 5.52 Å². The first kappa shape index (κ1) is 12.7. The number of nitrogens with two attached hydrogens (primary N) is 1. The Labute approximate surface area is 116 Å². The second kappa shape index (κ2) is 4.99. The van der Waals surface area contributed by atoms with Crippen molar-refractivity contribution in [3.8, 4) is 5.88 Å². The van der Waals surface area contributed by atoms with Gasteiger partial charge in [-0.1, -0.05) is 0 Å². The molecule has 0 radical (unpaired) electrons. The highest BCUT2D eigenvalue weighted by atomic mass is 16.5. The lowest BCUT2D eigenvalue weighted by molar-refractivity contribution is -0.122. The molecule has 3 rings (SSSR count). The molecule has 106 valence electrons. The van der Waals surface area contributed by atoms with Crippen LogP contribution in [0, 0.1) is 5.92 Å². The zero-order chi connectivity index (χ0) is 14.1. The van der Waals surface area contributed by atoms with Crippen LogP contribution in [0.15, 0.2) is 12.1 Å². The molecule has 0 spiro atoms. The minimum atomic E-state index is 0.124. The molecule has 1 fully saturated rings. The molecule has 1 aliphatic rings. The molecule has 2 aromatic rings. The first-order chi connectivity index (χ1) is 9.69. The quantitative estimate of drug-likeness (QED) is 0.830. The Morgan fingerprint density at radius 1 is 1.50 bits per heavy atom. The Hall–Kier alpha value is -2.31. The number of anilines is 1. The molecular formula is C13H17N5O2. The van der Waals surface area contributed by atoms with E-state index < -0.39 is 0 Å². The number of fused-ring (bicyclic) bond motifs is 1.